The van der Waals surface area contributed by atoms with Gasteiger partial charge in [-0.2, -0.15) is 5.10 Å². The molecule has 2 rings (SSSR count). The van der Waals surface area contributed by atoms with Crippen molar-refractivity contribution in [2.75, 3.05) is 19.7 Å². The maximum atomic E-state index is 14.2. The van der Waals surface area contributed by atoms with Crippen LogP contribution in [0.2, 0.25) is 0 Å². The Kier molecular flexibility index (Phi) is 4.13. The van der Waals surface area contributed by atoms with Crippen molar-refractivity contribution in [1.82, 2.24) is 15.1 Å². The predicted octanol–water partition coefficient (Wildman–Crippen LogP) is 1.78. The summed E-state index contributed by atoms with van der Waals surface area (Å²) in [4.78, 5) is 14.1. The molecule has 1 aromatic rings. The molecule has 20 heavy (non-hydrogen) atoms. The molecule has 1 aromatic heterocycles. The van der Waals surface area contributed by atoms with Gasteiger partial charge in [0.1, 0.15) is 0 Å². The highest BCUT2D eigenvalue weighted by molar-refractivity contribution is 5.96. The van der Waals surface area contributed by atoms with Crippen molar-refractivity contribution < 1.29 is 14.3 Å². The van der Waals surface area contributed by atoms with Crippen molar-refractivity contribution in [3.8, 4) is 0 Å². The molecule has 1 fully saturated rings. The van der Waals surface area contributed by atoms with E-state index in [1.54, 1.807) is 6.92 Å². The van der Waals surface area contributed by atoms with Crippen molar-refractivity contribution in [1.29, 1.82) is 0 Å². The number of aromatic amines is 1. The predicted molar refractivity (Wildman–Crippen MR) is 73.5 cm³/mol. The number of H-pyrrole nitrogens is 1. The zero-order valence-electron chi connectivity index (χ0n) is 12.2. The largest absolute Gasteiger partial charge is 0.393 e. The fourth-order valence-electron chi connectivity index (χ4n) is 2.68. The molecule has 0 bridgehead atoms. The van der Waals surface area contributed by atoms with Gasteiger partial charge in [0.2, 0.25) is 0 Å². The summed E-state index contributed by atoms with van der Waals surface area (Å²) < 4.78 is 14.2. The van der Waals surface area contributed by atoms with Gasteiger partial charge in [0.25, 0.3) is 5.91 Å². The lowest BCUT2D eigenvalue weighted by atomic mass is 9.94. The van der Waals surface area contributed by atoms with Crippen molar-refractivity contribution in [3.05, 3.63) is 17.0 Å². The van der Waals surface area contributed by atoms with E-state index >= 15 is 0 Å². The van der Waals surface area contributed by atoms with Gasteiger partial charge >= 0.3 is 0 Å². The summed E-state index contributed by atoms with van der Waals surface area (Å²) in [6.07, 6.45) is 0.866. The average Bonchev–Trinajstić information content (AvgIpc) is 2.80. The number of aliphatic hydroxyl groups excluding tert-OH is 1. The van der Waals surface area contributed by atoms with E-state index in [1.807, 2.05) is 13.8 Å². The number of carbonyl (C=O) groups excluding carboxylic acids is 1. The van der Waals surface area contributed by atoms with Gasteiger partial charge in [-0.3, -0.25) is 9.89 Å². The minimum atomic E-state index is -1.68. The molecule has 1 saturated heterocycles. The SMILES string of the molecule is Cc1[nH]nc(C(C)C)c1C(=O)N1CCCC(F)(CO)C1. The number of aliphatic hydroxyl groups is 1. The normalized spacial score (nSPS) is 23.4. The Balaban J connectivity index is 2.25. The number of amides is 1. The maximum Gasteiger partial charge on any atom is 0.257 e. The molecule has 1 atom stereocenters. The fraction of sp³-hybridized carbons (Fsp3) is 0.714. The molecule has 1 aliphatic rings. The highest BCUT2D eigenvalue weighted by Gasteiger charge is 2.38. The van der Waals surface area contributed by atoms with Crippen LogP contribution in [0, 0.1) is 6.92 Å². The summed E-state index contributed by atoms with van der Waals surface area (Å²) in [6, 6.07) is 0. The minimum Gasteiger partial charge on any atom is -0.393 e. The Hall–Kier alpha value is -1.43. The first-order valence-corrected chi connectivity index (χ1v) is 7.02. The Morgan fingerprint density at radius 3 is 2.90 bits per heavy atom. The number of nitrogens with one attached hydrogen (secondary N) is 1. The summed E-state index contributed by atoms with van der Waals surface area (Å²) in [5.74, 6) is -0.0770. The van der Waals surface area contributed by atoms with Crippen molar-refractivity contribution in [2.45, 2.75) is 45.2 Å². The molecule has 6 heteroatoms. The van der Waals surface area contributed by atoms with Crippen molar-refractivity contribution >= 4 is 5.91 Å². The number of piperidine rings is 1. The molecule has 0 aliphatic carbocycles. The lowest BCUT2D eigenvalue weighted by Crippen LogP contribution is -2.50. The van der Waals surface area contributed by atoms with E-state index < -0.39 is 12.3 Å². The van der Waals surface area contributed by atoms with Crippen LogP contribution in [-0.2, 0) is 0 Å². The zero-order chi connectivity index (χ0) is 14.9. The number of nitrogens with zero attached hydrogens (tertiary/aromatic N) is 2. The first-order valence-electron chi connectivity index (χ1n) is 7.02. The van der Waals surface area contributed by atoms with E-state index in [0.29, 0.717) is 36.3 Å². The van der Waals surface area contributed by atoms with Gasteiger partial charge in [-0.05, 0) is 25.7 Å². The highest BCUT2D eigenvalue weighted by atomic mass is 19.1. The van der Waals surface area contributed by atoms with Gasteiger partial charge < -0.3 is 10.0 Å². The number of hydrogen-bond donors (Lipinski definition) is 2. The summed E-state index contributed by atoms with van der Waals surface area (Å²) in [7, 11) is 0. The molecule has 1 unspecified atom stereocenters. The second-order valence-corrected chi connectivity index (χ2v) is 5.90. The van der Waals surface area contributed by atoms with Crippen LogP contribution in [0.3, 0.4) is 0 Å². The standard InChI is InChI=1S/C14H22FN3O2/c1-9(2)12-11(10(3)16-17-12)13(20)18-6-4-5-14(15,7-18)8-19/h9,19H,4-8H2,1-3H3,(H,16,17). The quantitative estimate of drug-likeness (QED) is 0.888. The van der Waals surface area contributed by atoms with E-state index in [9.17, 15) is 9.18 Å². The molecule has 1 amide bonds. The lowest BCUT2D eigenvalue weighted by Gasteiger charge is -2.36. The molecule has 0 radical (unpaired) electrons. The van der Waals surface area contributed by atoms with E-state index in [2.05, 4.69) is 10.2 Å². The first-order chi connectivity index (χ1) is 9.38. The molecule has 0 saturated carbocycles. The van der Waals surface area contributed by atoms with Crippen molar-refractivity contribution in [3.63, 3.8) is 0 Å². The summed E-state index contributed by atoms with van der Waals surface area (Å²) >= 11 is 0. The van der Waals surface area contributed by atoms with Crippen LogP contribution in [0.15, 0.2) is 0 Å². The number of likely N-dealkylation sites (tertiary alicyclic amines) is 1. The molecule has 5 nitrogen and oxygen atoms in total. The Bertz CT molecular complexity index is 501. The van der Waals surface area contributed by atoms with Crippen LogP contribution < -0.4 is 0 Å². The van der Waals surface area contributed by atoms with Crippen LogP contribution in [0.5, 0.6) is 0 Å². The minimum absolute atomic E-state index is 0.0511. The molecule has 112 valence electrons. The Labute approximate surface area is 118 Å². The highest BCUT2D eigenvalue weighted by Crippen LogP contribution is 2.28. The number of aromatic nitrogens is 2. The Morgan fingerprint density at radius 1 is 1.60 bits per heavy atom. The van der Waals surface area contributed by atoms with E-state index in [4.69, 9.17) is 5.11 Å². The number of rotatable bonds is 3. The molecule has 0 spiro atoms. The fourth-order valence-corrected chi connectivity index (χ4v) is 2.68. The van der Waals surface area contributed by atoms with Gasteiger partial charge in [0, 0.05) is 12.2 Å². The summed E-state index contributed by atoms with van der Waals surface area (Å²) in [5, 5.41) is 16.2. The monoisotopic (exact) mass is 283 g/mol. The number of hydrogen-bond acceptors (Lipinski definition) is 3. The van der Waals surface area contributed by atoms with Gasteiger partial charge in [-0.1, -0.05) is 13.8 Å². The molecular formula is C14H22FN3O2. The van der Waals surface area contributed by atoms with Gasteiger partial charge in [-0.15, -0.1) is 0 Å². The first kappa shape index (κ1) is 15.0. The third kappa shape index (κ3) is 2.70. The topological polar surface area (TPSA) is 69.2 Å². The van der Waals surface area contributed by atoms with Gasteiger partial charge in [0.05, 0.1) is 24.4 Å². The summed E-state index contributed by atoms with van der Waals surface area (Å²) in [6.45, 7) is 5.66. The van der Waals surface area contributed by atoms with Crippen LogP contribution >= 0.6 is 0 Å². The molecule has 0 aromatic carbocycles. The third-order valence-electron chi connectivity index (χ3n) is 3.83. The van der Waals surface area contributed by atoms with Crippen molar-refractivity contribution in [2.24, 2.45) is 0 Å². The average molecular weight is 283 g/mol. The van der Waals surface area contributed by atoms with Gasteiger partial charge in [-0.25, -0.2) is 4.39 Å². The van der Waals surface area contributed by atoms with E-state index in [1.165, 1.54) is 4.90 Å². The lowest BCUT2D eigenvalue weighted by molar-refractivity contribution is 0.00165. The Morgan fingerprint density at radius 2 is 2.30 bits per heavy atom. The maximum absolute atomic E-state index is 14.2. The second-order valence-electron chi connectivity index (χ2n) is 5.90. The molecule has 2 heterocycles. The number of aryl methyl sites for hydroxylation is 1. The van der Waals surface area contributed by atoms with E-state index in [-0.39, 0.29) is 18.4 Å². The molecular weight excluding hydrogens is 261 g/mol. The second kappa shape index (κ2) is 5.52. The van der Waals surface area contributed by atoms with Crippen LogP contribution in [0.1, 0.15) is 54.4 Å². The van der Waals surface area contributed by atoms with Gasteiger partial charge in [0.15, 0.2) is 5.67 Å². The van der Waals surface area contributed by atoms with E-state index in [0.717, 1.165) is 0 Å². The number of halogens is 1. The zero-order valence-corrected chi connectivity index (χ0v) is 12.2. The van der Waals surface area contributed by atoms with Crippen LogP contribution in [0.25, 0.3) is 0 Å². The van der Waals surface area contributed by atoms with Crippen LogP contribution in [-0.4, -0.2) is 51.5 Å². The smallest absolute Gasteiger partial charge is 0.257 e. The van der Waals surface area contributed by atoms with Crippen LogP contribution in [0.4, 0.5) is 4.39 Å². The molecule has 1 aliphatic heterocycles. The third-order valence-corrected chi connectivity index (χ3v) is 3.83. The summed E-state index contributed by atoms with van der Waals surface area (Å²) in [5.41, 5.74) is 0.287. The number of alkyl halides is 1. The number of carbonyl (C=O) groups is 1. The molecule has 2 N–H and O–H groups in total.